The summed E-state index contributed by atoms with van der Waals surface area (Å²) in [6.07, 6.45) is 1.85. The van der Waals surface area contributed by atoms with E-state index < -0.39 is 0 Å². The van der Waals surface area contributed by atoms with E-state index in [0.29, 0.717) is 26.4 Å². The van der Waals surface area contributed by atoms with Crippen LogP contribution >= 0.6 is 11.3 Å². The Morgan fingerprint density at radius 3 is 2.63 bits per heavy atom. The number of carbonyl (C=O) groups is 1. The van der Waals surface area contributed by atoms with Crippen molar-refractivity contribution in [3.63, 3.8) is 0 Å². The Balaban J connectivity index is 2.04. The Kier molecular flexibility index (Phi) is 8.66. The third-order valence-corrected chi connectivity index (χ3v) is 3.80. The number of ether oxygens (including phenoxy) is 3. The van der Waals surface area contributed by atoms with Crippen LogP contribution in [0.4, 0.5) is 0 Å². The minimum absolute atomic E-state index is 0.0454. The van der Waals surface area contributed by atoms with Crippen LogP contribution in [0.25, 0.3) is 0 Å². The van der Waals surface area contributed by atoms with Gasteiger partial charge in [-0.1, -0.05) is 6.92 Å². The molecular weight excluding hydrogens is 264 g/mol. The summed E-state index contributed by atoms with van der Waals surface area (Å²) in [7, 11) is 1.67. The highest BCUT2D eigenvalue weighted by molar-refractivity contribution is 7.14. The smallest absolute Gasteiger partial charge is 0.198 e. The molecule has 1 rings (SSSR count). The highest BCUT2D eigenvalue weighted by atomic mass is 32.1. The number of hydrogen-bond donors (Lipinski definition) is 0. The second kappa shape index (κ2) is 10.1. The van der Waals surface area contributed by atoms with Crippen LogP contribution in [0.15, 0.2) is 12.1 Å². The molecule has 108 valence electrons. The predicted octanol–water partition coefficient (Wildman–Crippen LogP) is 2.56. The maximum absolute atomic E-state index is 11.8. The zero-order valence-corrected chi connectivity index (χ0v) is 12.5. The lowest BCUT2D eigenvalue weighted by Gasteiger charge is -2.04. The highest BCUT2D eigenvalue weighted by Gasteiger charge is 2.08. The van der Waals surface area contributed by atoms with Crippen LogP contribution < -0.4 is 0 Å². The van der Waals surface area contributed by atoms with Crippen LogP contribution in [0.2, 0.25) is 0 Å². The van der Waals surface area contributed by atoms with E-state index in [-0.39, 0.29) is 12.4 Å². The molecule has 19 heavy (non-hydrogen) atoms. The van der Waals surface area contributed by atoms with E-state index in [1.807, 2.05) is 12.1 Å². The summed E-state index contributed by atoms with van der Waals surface area (Å²) >= 11 is 1.54. The van der Waals surface area contributed by atoms with Crippen molar-refractivity contribution in [2.45, 2.75) is 19.8 Å². The number of methoxy groups -OCH3 is 1. The number of ketones is 1. The molecule has 1 heterocycles. The number of Topliss-reactive ketones (excluding diaryl/α,β-unsaturated/α-hetero) is 1. The quantitative estimate of drug-likeness (QED) is 0.463. The number of rotatable bonds is 11. The summed E-state index contributed by atoms with van der Waals surface area (Å²) in [4.78, 5) is 13.8. The zero-order chi connectivity index (χ0) is 13.9. The van der Waals surface area contributed by atoms with Gasteiger partial charge in [0.05, 0.1) is 18.1 Å². The average Bonchev–Trinajstić information content (AvgIpc) is 2.90. The summed E-state index contributed by atoms with van der Waals surface area (Å²) in [5, 5.41) is 0. The van der Waals surface area contributed by atoms with Gasteiger partial charge in [0, 0.05) is 25.2 Å². The molecule has 0 saturated carbocycles. The average molecular weight is 286 g/mol. The number of aryl methyl sites for hydroxylation is 1. The van der Waals surface area contributed by atoms with Crippen LogP contribution in [-0.2, 0) is 20.6 Å². The third kappa shape index (κ3) is 6.82. The molecule has 0 atom stereocenters. The maximum atomic E-state index is 11.8. The summed E-state index contributed by atoms with van der Waals surface area (Å²) in [5.74, 6) is 0.0454. The van der Waals surface area contributed by atoms with E-state index in [4.69, 9.17) is 14.2 Å². The molecule has 0 amide bonds. The monoisotopic (exact) mass is 286 g/mol. The first-order valence-electron chi connectivity index (χ1n) is 6.54. The lowest BCUT2D eigenvalue weighted by molar-refractivity contribution is 0.0384. The van der Waals surface area contributed by atoms with Crippen molar-refractivity contribution >= 4 is 17.1 Å². The summed E-state index contributed by atoms with van der Waals surface area (Å²) in [6.45, 7) is 4.54. The van der Waals surface area contributed by atoms with Crippen molar-refractivity contribution in [3.8, 4) is 0 Å². The second-order valence-electron chi connectivity index (χ2n) is 4.05. The fourth-order valence-corrected chi connectivity index (χ4v) is 2.35. The van der Waals surface area contributed by atoms with Gasteiger partial charge in [-0.2, -0.15) is 0 Å². The van der Waals surface area contributed by atoms with Crippen LogP contribution in [0, 0.1) is 0 Å². The Morgan fingerprint density at radius 2 is 1.95 bits per heavy atom. The van der Waals surface area contributed by atoms with Gasteiger partial charge < -0.3 is 14.2 Å². The van der Waals surface area contributed by atoms with E-state index in [9.17, 15) is 4.79 Å². The van der Waals surface area contributed by atoms with Crippen LogP contribution in [0.1, 0.15) is 27.9 Å². The van der Waals surface area contributed by atoms with Crippen molar-refractivity contribution < 1.29 is 19.0 Å². The van der Waals surface area contributed by atoms with Gasteiger partial charge in [-0.15, -0.1) is 11.3 Å². The van der Waals surface area contributed by atoms with Gasteiger partial charge in [-0.05, 0) is 25.0 Å². The molecule has 0 N–H and O–H groups in total. The molecule has 1 aromatic rings. The molecule has 1 aromatic heterocycles. The molecule has 0 aliphatic rings. The largest absolute Gasteiger partial charge is 0.385 e. The lowest BCUT2D eigenvalue weighted by Crippen LogP contribution is -2.12. The van der Waals surface area contributed by atoms with Gasteiger partial charge in [0.1, 0.15) is 6.61 Å². The van der Waals surface area contributed by atoms with Crippen molar-refractivity contribution in [2.24, 2.45) is 0 Å². The fourth-order valence-electron chi connectivity index (χ4n) is 1.48. The Morgan fingerprint density at radius 1 is 1.16 bits per heavy atom. The maximum Gasteiger partial charge on any atom is 0.198 e. The number of hydrogen-bond acceptors (Lipinski definition) is 5. The van der Waals surface area contributed by atoms with Crippen molar-refractivity contribution in [3.05, 3.63) is 21.9 Å². The van der Waals surface area contributed by atoms with E-state index in [0.717, 1.165) is 17.7 Å². The van der Waals surface area contributed by atoms with Crippen LogP contribution in [0.5, 0.6) is 0 Å². The molecule has 0 bridgehead atoms. The van der Waals surface area contributed by atoms with Gasteiger partial charge in [-0.25, -0.2) is 0 Å². The van der Waals surface area contributed by atoms with Gasteiger partial charge in [0.25, 0.3) is 0 Å². The molecule has 0 spiro atoms. The number of carbonyl (C=O) groups excluding carboxylic acids is 1. The fraction of sp³-hybridized carbons (Fsp3) is 0.643. The topological polar surface area (TPSA) is 44.8 Å². The van der Waals surface area contributed by atoms with E-state index in [2.05, 4.69) is 6.92 Å². The molecule has 0 fully saturated rings. The molecule has 0 aromatic carbocycles. The van der Waals surface area contributed by atoms with Crippen LogP contribution in [0.3, 0.4) is 0 Å². The number of thiophene rings is 1. The van der Waals surface area contributed by atoms with Crippen molar-refractivity contribution in [2.75, 3.05) is 40.1 Å². The summed E-state index contributed by atoms with van der Waals surface area (Å²) in [5.41, 5.74) is 0. The molecule has 4 nitrogen and oxygen atoms in total. The molecule has 0 saturated heterocycles. The first-order valence-corrected chi connectivity index (χ1v) is 7.36. The second-order valence-corrected chi connectivity index (χ2v) is 5.22. The van der Waals surface area contributed by atoms with Gasteiger partial charge in [-0.3, -0.25) is 4.79 Å². The molecule has 0 radical (unpaired) electrons. The molecule has 0 aliphatic carbocycles. The minimum atomic E-state index is 0.0454. The lowest BCUT2D eigenvalue weighted by atomic mass is 10.3. The van der Waals surface area contributed by atoms with Gasteiger partial charge >= 0.3 is 0 Å². The Labute approximate surface area is 118 Å². The van der Waals surface area contributed by atoms with E-state index in [1.165, 1.54) is 4.88 Å². The zero-order valence-electron chi connectivity index (χ0n) is 11.6. The van der Waals surface area contributed by atoms with Crippen molar-refractivity contribution in [1.82, 2.24) is 0 Å². The molecule has 5 heteroatoms. The molecule has 0 unspecified atom stereocenters. The molecular formula is C14H22O4S. The third-order valence-electron chi connectivity index (χ3n) is 2.53. The van der Waals surface area contributed by atoms with Gasteiger partial charge in [0.2, 0.25) is 0 Å². The van der Waals surface area contributed by atoms with Crippen LogP contribution in [-0.4, -0.2) is 45.9 Å². The normalized spacial score (nSPS) is 10.8. The van der Waals surface area contributed by atoms with E-state index in [1.54, 1.807) is 18.4 Å². The first kappa shape index (κ1) is 16.3. The molecule has 0 aliphatic heterocycles. The SMILES string of the molecule is CCc1ccc(C(=O)COCCOCCCOC)s1. The summed E-state index contributed by atoms with van der Waals surface area (Å²) < 4.78 is 15.5. The predicted molar refractivity (Wildman–Crippen MR) is 76.2 cm³/mol. The summed E-state index contributed by atoms with van der Waals surface area (Å²) in [6, 6.07) is 3.87. The van der Waals surface area contributed by atoms with E-state index >= 15 is 0 Å². The minimum Gasteiger partial charge on any atom is -0.385 e. The first-order chi connectivity index (χ1) is 9.27. The Hall–Kier alpha value is -0.750. The van der Waals surface area contributed by atoms with Gasteiger partial charge in [0.15, 0.2) is 5.78 Å². The highest BCUT2D eigenvalue weighted by Crippen LogP contribution is 2.17. The Bertz CT molecular complexity index is 362. The van der Waals surface area contributed by atoms with Crippen molar-refractivity contribution in [1.29, 1.82) is 0 Å². The standard InChI is InChI=1S/C14H22O4S/c1-3-12-5-6-14(19-12)13(15)11-18-10-9-17-8-4-7-16-2/h5-6H,3-4,7-11H2,1-2H3.